The summed E-state index contributed by atoms with van der Waals surface area (Å²) in [6, 6.07) is 9.19. The van der Waals surface area contributed by atoms with Crippen molar-refractivity contribution in [2.45, 2.75) is 14.9 Å². The Hall–Kier alpha value is -2.89. The molecule has 31 heavy (non-hydrogen) atoms. The standard InChI is InChI=1S/C19H15ClFN3O5S2/c1-29-15-6-5-13(8-14(15)20)31(27,28)16-9-22-19(24-18(16)26)30-10-17(25)23-12-4-2-3-11(21)7-12/h2-9H,10H2,1H3,(H,23,25)(H,22,24,26). The summed E-state index contributed by atoms with van der Waals surface area (Å²) >= 11 is 6.86. The van der Waals surface area contributed by atoms with Crippen molar-refractivity contribution in [2.24, 2.45) is 0 Å². The number of aromatic nitrogens is 2. The third-order valence-corrected chi connectivity index (χ3v) is 6.84. The Bertz CT molecular complexity index is 1300. The van der Waals surface area contributed by atoms with Gasteiger partial charge in [-0.2, -0.15) is 0 Å². The van der Waals surface area contributed by atoms with Gasteiger partial charge in [0.25, 0.3) is 5.56 Å². The van der Waals surface area contributed by atoms with Crippen LogP contribution in [0.5, 0.6) is 5.75 Å². The Kier molecular flexibility index (Phi) is 6.98. The monoisotopic (exact) mass is 483 g/mol. The minimum atomic E-state index is -4.18. The van der Waals surface area contributed by atoms with E-state index in [1.807, 2.05) is 0 Å². The fourth-order valence-electron chi connectivity index (χ4n) is 2.47. The molecule has 0 spiro atoms. The number of amides is 1. The largest absolute Gasteiger partial charge is 0.495 e. The fourth-order valence-corrected chi connectivity index (χ4v) is 4.69. The van der Waals surface area contributed by atoms with E-state index in [1.165, 1.54) is 43.5 Å². The summed E-state index contributed by atoms with van der Waals surface area (Å²) in [5, 5.41) is 2.62. The smallest absolute Gasteiger partial charge is 0.270 e. The molecule has 1 aromatic heterocycles. The predicted molar refractivity (Wildman–Crippen MR) is 114 cm³/mol. The molecule has 1 amide bonds. The number of ether oxygens (including phenoxy) is 1. The third kappa shape index (κ3) is 5.43. The van der Waals surface area contributed by atoms with Crippen molar-refractivity contribution < 1.29 is 22.3 Å². The van der Waals surface area contributed by atoms with Gasteiger partial charge in [0.15, 0.2) is 10.1 Å². The average Bonchev–Trinajstić information content (AvgIpc) is 2.72. The van der Waals surface area contributed by atoms with E-state index < -0.39 is 32.0 Å². The van der Waals surface area contributed by atoms with Crippen LogP contribution in [0.4, 0.5) is 10.1 Å². The molecule has 0 bridgehead atoms. The molecule has 3 rings (SSSR count). The molecule has 0 radical (unpaired) electrons. The number of carbonyl (C=O) groups is 1. The predicted octanol–water partition coefficient (Wildman–Crippen LogP) is 3.13. The number of sulfone groups is 1. The Balaban J connectivity index is 1.73. The SMILES string of the molecule is COc1ccc(S(=O)(=O)c2cnc(SCC(=O)Nc3cccc(F)c3)[nH]c2=O)cc1Cl. The highest BCUT2D eigenvalue weighted by Crippen LogP contribution is 2.29. The summed E-state index contributed by atoms with van der Waals surface area (Å²) < 4.78 is 43.7. The van der Waals surface area contributed by atoms with Gasteiger partial charge >= 0.3 is 0 Å². The molecule has 2 aromatic carbocycles. The first-order valence-electron chi connectivity index (χ1n) is 8.57. The van der Waals surface area contributed by atoms with Crippen molar-refractivity contribution in [1.82, 2.24) is 9.97 Å². The number of hydrogen-bond donors (Lipinski definition) is 2. The molecule has 0 atom stereocenters. The first-order valence-corrected chi connectivity index (χ1v) is 11.4. The molecule has 1 heterocycles. The van der Waals surface area contributed by atoms with Crippen LogP contribution >= 0.6 is 23.4 Å². The first-order chi connectivity index (χ1) is 14.7. The van der Waals surface area contributed by atoms with Crippen molar-refractivity contribution in [3.8, 4) is 5.75 Å². The summed E-state index contributed by atoms with van der Waals surface area (Å²) in [7, 11) is -2.79. The molecule has 12 heteroatoms. The summed E-state index contributed by atoms with van der Waals surface area (Å²) in [5.74, 6) is -0.801. The number of methoxy groups -OCH3 is 1. The van der Waals surface area contributed by atoms with Crippen LogP contribution in [0.1, 0.15) is 0 Å². The van der Waals surface area contributed by atoms with Crippen molar-refractivity contribution in [2.75, 3.05) is 18.2 Å². The number of H-pyrrole nitrogens is 1. The number of anilines is 1. The molecule has 0 unspecified atom stereocenters. The van der Waals surface area contributed by atoms with E-state index in [9.17, 15) is 22.4 Å². The first kappa shape index (κ1) is 22.8. The molecule has 0 saturated carbocycles. The van der Waals surface area contributed by atoms with Crippen LogP contribution in [0.15, 0.2) is 68.4 Å². The van der Waals surface area contributed by atoms with Crippen molar-refractivity contribution in [3.05, 3.63) is 69.9 Å². The molecule has 0 fully saturated rings. The van der Waals surface area contributed by atoms with Crippen LogP contribution in [-0.4, -0.2) is 37.2 Å². The van der Waals surface area contributed by atoms with Gasteiger partial charge in [0.2, 0.25) is 15.7 Å². The minimum absolute atomic E-state index is 0.0473. The average molecular weight is 484 g/mol. The van der Waals surface area contributed by atoms with Crippen molar-refractivity contribution in [1.29, 1.82) is 0 Å². The molecule has 0 saturated heterocycles. The second-order valence-electron chi connectivity index (χ2n) is 6.03. The van der Waals surface area contributed by atoms with E-state index in [4.69, 9.17) is 16.3 Å². The van der Waals surface area contributed by atoms with Gasteiger partial charge < -0.3 is 15.0 Å². The van der Waals surface area contributed by atoms with Crippen LogP contribution in [0.2, 0.25) is 5.02 Å². The van der Waals surface area contributed by atoms with Crippen LogP contribution in [0.3, 0.4) is 0 Å². The van der Waals surface area contributed by atoms with Gasteiger partial charge in [-0.25, -0.2) is 17.8 Å². The van der Waals surface area contributed by atoms with E-state index in [2.05, 4.69) is 15.3 Å². The topological polar surface area (TPSA) is 118 Å². The normalized spacial score (nSPS) is 11.2. The maximum absolute atomic E-state index is 13.2. The van der Waals surface area contributed by atoms with Gasteiger partial charge in [0, 0.05) is 5.69 Å². The Morgan fingerprint density at radius 2 is 2.06 bits per heavy atom. The maximum Gasteiger partial charge on any atom is 0.270 e. The molecule has 162 valence electrons. The van der Waals surface area contributed by atoms with Crippen molar-refractivity contribution >= 4 is 44.8 Å². The van der Waals surface area contributed by atoms with Gasteiger partial charge in [-0.15, -0.1) is 0 Å². The lowest BCUT2D eigenvalue weighted by molar-refractivity contribution is -0.113. The van der Waals surface area contributed by atoms with E-state index in [1.54, 1.807) is 0 Å². The van der Waals surface area contributed by atoms with Crippen LogP contribution in [-0.2, 0) is 14.6 Å². The number of carbonyl (C=O) groups excluding carboxylic acids is 1. The van der Waals surface area contributed by atoms with Gasteiger partial charge in [0.05, 0.1) is 29.0 Å². The summed E-state index contributed by atoms with van der Waals surface area (Å²) in [5.41, 5.74) is -0.610. The quantitative estimate of drug-likeness (QED) is 0.391. The van der Waals surface area contributed by atoms with Crippen LogP contribution in [0.25, 0.3) is 0 Å². The molecule has 0 aliphatic carbocycles. The van der Waals surface area contributed by atoms with Gasteiger partial charge in [0.1, 0.15) is 11.6 Å². The van der Waals surface area contributed by atoms with E-state index in [0.29, 0.717) is 0 Å². The summed E-state index contributed by atoms with van der Waals surface area (Å²) in [6.45, 7) is 0. The number of benzene rings is 2. The molecule has 0 aliphatic heterocycles. The highest BCUT2D eigenvalue weighted by atomic mass is 35.5. The lowest BCUT2D eigenvalue weighted by Gasteiger charge is -2.08. The molecular weight excluding hydrogens is 469 g/mol. The van der Waals surface area contributed by atoms with E-state index in [-0.39, 0.29) is 32.3 Å². The van der Waals surface area contributed by atoms with Crippen molar-refractivity contribution in [3.63, 3.8) is 0 Å². The van der Waals surface area contributed by atoms with Gasteiger partial charge in [-0.05, 0) is 36.4 Å². The number of rotatable bonds is 7. The lowest BCUT2D eigenvalue weighted by atomic mass is 10.3. The number of halogens is 2. The van der Waals surface area contributed by atoms with E-state index >= 15 is 0 Å². The zero-order valence-corrected chi connectivity index (χ0v) is 18.3. The molecule has 3 aromatic rings. The molecule has 8 nitrogen and oxygen atoms in total. The molecule has 0 aliphatic rings. The summed E-state index contributed by atoms with van der Waals surface area (Å²) in [6.07, 6.45) is 0.916. The highest BCUT2D eigenvalue weighted by Gasteiger charge is 2.23. The fraction of sp³-hybridized carbons (Fsp3) is 0.105. The maximum atomic E-state index is 13.2. The van der Waals surface area contributed by atoms with E-state index in [0.717, 1.165) is 24.0 Å². The summed E-state index contributed by atoms with van der Waals surface area (Å²) in [4.78, 5) is 29.8. The number of nitrogens with one attached hydrogen (secondary N) is 2. The zero-order chi connectivity index (χ0) is 22.6. The van der Waals surface area contributed by atoms with Crippen LogP contribution in [0, 0.1) is 5.82 Å². The van der Waals surface area contributed by atoms with Gasteiger partial charge in [-0.3, -0.25) is 9.59 Å². The molecular formula is C19H15ClFN3O5S2. The lowest BCUT2D eigenvalue weighted by Crippen LogP contribution is -2.20. The van der Waals surface area contributed by atoms with Gasteiger partial charge in [-0.1, -0.05) is 29.4 Å². The Labute approximate surface area is 185 Å². The number of nitrogens with zero attached hydrogens (tertiary/aromatic N) is 1. The Morgan fingerprint density at radius 3 is 2.71 bits per heavy atom. The number of hydrogen-bond acceptors (Lipinski definition) is 7. The second-order valence-corrected chi connectivity index (χ2v) is 9.32. The molecule has 2 N–H and O–H groups in total. The minimum Gasteiger partial charge on any atom is -0.495 e. The number of aromatic amines is 1. The van der Waals surface area contributed by atoms with Crippen LogP contribution < -0.4 is 15.6 Å². The third-order valence-electron chi connectivity index (χ3n) is 3.91. The Morgan fingerprint density at radius 1 is 1.29 bits per heavy atom. The highest BCUT2D eigenvalue weighted by molar-refractivity contribution is 7.99. The zero-order valence-electron chi connectivity index (χ0n) is 15.9. The second kappa shape index (κ2) is 9.50. The number of thioether (sulfide) groups is 1.